The SMILES string of the molecule is COC(=O)N1CCC(NC(=O)c2ccc(C#N)cc2)CC1. The molecule has 0 spiro atoms. The normalized spacial score (nSPS) is 15.1. The molecule has 2 rings (SSSR count). The standard InChI is InChI=1S/C15H17N3O3/c1-21-15(20)18-8-6-13(7-9-18)17-14(19)12-4-2-11(10-16)3-5-12/h2-5,13H,6-9H2,1H3,(H,17,19). The van der Waals surface area contributed by atoms with Crippen molar-refractivity contribution in [1.29, 1.82) is 5.26 Å². The minimum absolute atomic E-state index is 0.0500. The molecule has 1 aromatic rings. The second kappa shape index (κ2) is 6.75. The molecule has 1 saturated heterocycles. The summed E-state index contributed by atoms with van der Waals surface area (Å²) in [4.78, 5) is 25.1. The number of carbonyl (C=O) groups is 2. The van der Waals surface area contributed by atoms with Crippen LogP contribution in [0.15, 0.2) is 24.3 Å². The van der Waals surface area contributed by atoms with Gasteiger partial charge in [-0.2, -0.15) is 5.26 Å². The summed E-state index contributed by atoms with van der Waals surface area (Å²) < 4.78 is 4.67. The van der Waals surface area contributed by atoms with Crippen molar-refractivity contribution in [2.24, 2.45) is 0 Å². The number of methoxy groups -OCH3 is 1. The zero-order valence-corrected chi connectivity index (χ0v) is 11.8. The summed E-state index contributed by atoms with van der Waals surface area (Å²) in [6.07, 6.45) is 1.08. The molecule has 0 unspecified atom stereocenters. The summed E-state index contributed by atoms with van der Waals surface area (Å²) in [6.45, 7) is 1.15. The fraction of sp³-hybridized carbons (Fsp3) is 0.400. The number of nitriles is 1. The average molecular weight is 287 g/mol. The summed E-state index contributed by atoms with van der Waals surface area (Å²) in [5, 5.41) is 11.7. The summed E-state index contributed by atoms with van der Waals surface area (Å²) in [5.74, 6) is -0.156. The first-order valence-corrected chi connectivity index (χ1v) is 6.78. The molecular weight excluding hydrogens is 270 g/mol. The molecular formula is C15H17N3O3. The average Bonchev–Trinajstić information content (AvgIpc) is 2.55. The van der Waals surface area contributed by atoms with Crippen LogP contribution in [-0.4, -0.2) is 43.1 Å². The van der Waals surface area contributed by atoms with E-state index in [1.165, 1.54) is 7.11 Å². The van der Waals surface area contributed by atoms with Crippen molar-refractivity contribution in [3.63, 3.8) is 0 Å². The summed E-state index contributed by atoms with van der Waals surface area (Å²) in [7, 11) is 1.36. The van der Waals surface area contributed by atoms with Gasteiger partial charge in [0.15, 0.2) is 0 Å². The number of nitrogens with one attached hydrogen (secondary N) is 1. The Morgan fingerprint density at radius 2 is 1.90 bits per heavy atom. The molecule has 1 aliphatic heterocycles. The highest BCUT2D eigenvalue weighted by molar-refractivity contribution is 5.94. The number of nitrogens with zero attached hydrogens (tertiary/aromatic N) is 2. The van der Waals surface area contributed by atoms with Crippen LogP contribution in [0.3, 0.4) is 0 Å². The number of likely N-dealkylation sites (tertiary alicyclic amines) is 1. The highest BCUT2D eigenvalue weighted by Gasteiger charge is 2.24. The van der Waals surface area contributed by atoms with Crippen molar-refractivity contribution in [2.45, 2.75) is 18.9 Å². The predicted molar refractivity (Wildman–Crippen MR) is 75.6 cm³/mol. The first-order chi connectivity index (χ1) is 10.1. The Morgan fingerprint density at radius 3 is 2.43 bits per heavy atom. The van der Waals surface area contributed by atoms with Gasteiger partial charge < -0.3 is 15.0 Å². The van der Waals surface area contributed by atoms with E-state index in [0.29, 0.717) is 37.1 Å². The molecule has 1 aromatic carbocycles. The van der Waals surface area contributed by atoms with Gasteiger partial charge in [0.2, 0.25) is 0 Å². The molecule has 0 radical (unpaired) electrons. The molecule has 0 aliphatic carbocycles. The quantitative estimate of drug-likeness (QED) is 0.894. The fourth-order valence-electron chi connectivity index (χ4n) is 2.30. The number of hydrogen-bond donors (Lipinski definition) is 1. The molecule has 1 fully saturated rings. The molecule has 0 atom stereocenters. The fourth-order valence-corrected chi connectivity index (χ4v) is 2.30. The third-order valence-electron chi connectivity index (χ3n) is 3.54. The van der Waals surface area contributed by atoms with Gasteiger partial charge in [-0.05, 0) is 37.1 Å². The van der Waals surface area contributed by atoms with E-state index in [1.54, 1.807) is 29.2 Å². The van der Waals surface area contributed by atoms with E-state index in [-0.39, 0.29) is 18.0 Å². The van der Waals surface area contributed by atoms with Crippen LogP contribution >= 0.6 is 0 Å². The topological polar surface area (TPSA) is 82.4 Å². The number of rotatable bonds is 2. The molecule has 0 bridgehead atoms. The lowest BCUT2D eigenvalue weighted by Crippen LogP contribution is -2.46. The van der Waals surface area contributed by atoms with Gasteiger partial charge in [0.05, 0.1) is 18.7 Å². The first-order valence-electron chi connectivity index (χ1n) is 6.78. The van der Waals surface area contributed by atoms with Crippen LogP contribution in [0.4, 0.5) is 4.79 Å². The number of amides is 2. The van der Waals surface area contributed by atoms with E-state index in [4.69, 9.17) is 5.26 Å². The Morgan fingerprint density at radius 1 is 1.29 bits per heavy atom. The Labute approximate surface area is 123 Å². The van der Waals surface area contributed by atoms with Gasteiger partial charge in [-0.1, -0.05) is 0 Å². The molecule has 2 amide bonds. The van der Waals surface area contributed by atoms with Crippen LogP contribution < -0.4 is 5.32 Å². The van der Waals surface area contributed by atoms with Gasteiger partial charge in [0.1, 0.15) is 0 Å². The van der Waals surface area contributed by atoms with Crippen LogP contribution in [0.25, 0.3) is 0 Å². The van der Waals surface area contributed by atoms with E-state index < -0.39 is 0 Å². The number of ether oxygens (including phenoxy) is 1. The Balaban J connectivity index is 1.86. The molecule has 1 N–H and O–H groups in total. The molecule has 110 valence electrons. The number of hydrogen-bond acceptors (Lipinski definition) is 4. The van der Waals surface area contributed by atoms with E-state index in [9.17, 15) is 9.59 Å². The zero-order chi connectivity index (χ0) is 15.2. The summed E-state index contributed by atoms with van der Waals surface area (Å²) >= 11 is 0. The molecule has 0 aromatic heterocycles. The van der Waals surface area contributed by atoms with Crippen LogP contribution in [0.2, 0.25) is 0 Å². The van der Waals surface area contributed by atoms with Crippen molar-refractivity contribution in [1.82, 2.24) is 10.2 Å². The van der Waals surface area contributed by atoms with E-state index in [0.717, 1.165) is 0 Å². The Hall–Kier alpha value is -2.55. The molecule has 0 saturated carbocycles. The zero-order valence-electron chi connectivity index (χ0n) is 11.8. The maximum Gasteiger partial charge on any atom is 0.409 e. The minimum atomic E-state index is -0.327. The predicted octanol–water partition coefficient (Wildman–Crippen LogP) is 1.52. The maximum absolute atomic E-state index is 12.1. The van der Waals surface area contributed by atoms with Crippen molar-refractivity contribution in [2.75, 3.05) is 20.2 Å². The lowest BCUT2D eigenvalue weighted by atomic mass is 10.0. The molecule has 1 aliphatic rings. The van der Waals surface area contributed by atoms with Gasteiger partial charge in [-0.3, -0.25) is 4.79 Å². The van der Waals surface area contributed by atoms with Crippen molar-refractivity contribution < 1.29 is 14.3 Å². The van der Waals surface area contributed by atoms with Gasteiger partial charge in [-0.15, -0.1) is 0 Å². The summed E-state index contributed by atoms with van der Waals surface area (Å²) in [6, 6.07) is 8.58. The highest BCUT2D eigenvalue weighted by Crippen LogP contribution is 2.12. The van der Waals surface area contributed by atoms with Crippen molar-refractivity contribution >= 4 is 12.0 Å². The van der Waals surface area contributed by atoms with Crippen LogP contribution in [0, 0.1) is 11.3 Å². The Bertz CT molecular complexity index is 555. The lowest BCUT2D eigenvalue weighted by Gasteiger charge is -2.31. The van der Waals surface area contributed by atoms with E-state index >= 15 is 0 Å². The lowest BCUT2D eigenvalue weighted by molar-refractivity contribution is 0.0892. The van der Waals surface area contributed by atoms with Crippen LogP contribution in [0.1, 0.15) is 28.8 Å². The number of piperidine rings is 1. The highest BCUT2D eigenvalue weighted by atomic mass is 16.5. The van der Waals surface area contributed by atoms with Gasteiger partial charge >= 0.3 is 6.09 Å². The molecule has 21 heavy (non-hydrogen) atoms. The van der Waals surface area contributed by atoms with Gasteiger partial charge in [0.25, 0.3) is 5.91 Å². The second-order valence-corrected chi connectivity index (χ2v) is 4.89. The third-order valence-corrected chi connectivity index (χ3v) is 3.54. The minimum Gasteiger partial charge on any atom is -0.453 e. The summed E-state index contributed by atoms with van der Waals surface area (Å²) in [5.41, 5.74) is 1.06. The Kier molecular flexibility index (Phi) is 4.77. The number of benzene rings is 1. The van der Waals surface area contributed by atoms with E-state index in [1.807, 2.05) is 6.07 Å². The molecule has 6 nitrogen and oxygen atoms in total. The monoisotopic (exact) mass is 287 g/mol. The van der Waals surface area contributed by atoms with Crippen molar-refractivity contribution in [3.8, 4) is 6.07 Å². The largest absolute Gasteiger partial charge is 0.453 e. The maximum atomic E-state index is 12.1. The number of carbonyl (C=O) groups excluding carboxylic acids is 2. The second-order valence-electron chi connectivity index (χ2n) is 4.89. The molecule has 6 heteroatoms. The molecule has 1 heterocycles. The van der Waals surface area contributed by atoms with E-state index in [2.05, 4.69) is 10.1 Å². The van der Waals surface area contributed by atoms with Gasteiger partial charge in [-0.25, -0.2) is 4.79 Å². The van der Waals surface area contributed by atoms with Crippen molar-refractivity contribution in [3.05, 3.63) is 35.4 Å². The first kappa shape index (κ1) is 14.9. The smallest absolute Gasteiger partial charge is 0.409 e. The third kappa shape index (κ3) is 3.72. The van der Waals surface area contributed by atoms with Crippen LogP contribution in [0.5, 0.6) is 0 Å². The van der Waals surface area contributed by atoms with Crippen LogP contribution in [-0.2, 0) is 4.74 Å². The van der Waals surface area contributed by atoms with Gasteiger partial charge in [0, 0.05) is 24.7 Å².